The van der Waals surface area contributed by atoms with Gasteiger partial charge in [0.1, 0.15) is 19.0 Å². The molecule has 1 N–H and O–H groups in total. The first-order valence-electron chi connectivity index (χ1n) is 7.60. The molecule has 1 aliphatic heterocycles. The lowest BCUT2D eigenvalue weighted by Gasteiger charge is -2.26. The molecule has 0 fully saturated rings. The van der Waals surface area contributed by atoms with Crippen LogP contribution in [-0.2, 0) is 4.79 Å². The molecule has 0 atom stereocenters. The van der Waals surface area contributed by atoms with E-state index in [1.807, 2.05) is 0 Å². The van der Waals surface area contributed by atoms with Crippen molar-refractivity contribution in [3.63, 3.8) is 0 Å². The lowest BCUT2D eigenvalue weighted by Crippen LogP contribution is -2.42. The molecule has 0 aromatic heterocycles. The van der Waals surface area contributed by atoms with Crippen LogP contribution in [0.1, 0.15) is 13.8 Å². The number of ether oxygens (including phenoxy) is 3. The largest absolute Gasteiger partial charge is 0.486 e. The summed E-state index contributed by atoms with van der Waals surface area (Å²) in [6.07, 6.45) is 0. The van der Waals surface area contributed by atoms with E-state index in [4.69, 9.17) is 25.8 Å². The number of fused-ring (bicyclic) bond motifs is 1. The van der Waals surface area contributed by atoms with Crippen molar-refractivity contribution in [3.05, 3.63) is 47.5 Å². The number of anilines is 1. The molecule has 0 saturated carbocycles. The predicted octanol–water partition coefficient (Wildman–Crippen LogP) is 3.91. The van der Waals surface area contributed by atoms with Crippen LogP contribution < -0.4 is 19.5 Å². The minimum Gasteiger partial charge on any atom is -0.486 e. The molecule has 1 amide bonds. The molecule has 0 radical (unpaired) electrons. The smallest absolute Gasteiger partial charge is 0.267 e. The second kappa shape index (κ2) is 6.61. The highest BCUT2D eigenvalue weighted by Gasteiger charge is 2.30. The summed E-state index contributed by atoms with van der Waals surface area (Å²) in [6.45, 7) is 4.43. The number of amides is 1. The Morgan fingerprint density at radius 2 is 1.75 bits per heavy atom. The van der Waals surface area contributed by atoms with E-state index in [-0.39, 0.29) is 5.91 Å². The molecule has 0 aliphatic carbocycles. The molecular weight excluding hydrogens is 330 g/mol. The van der Waals surface area contributed by atoms with Crippen molar-refractivity contribution in [2.24, 2.45) is 0 Å². The fourth-order valence-electron chi connectivity index (χ4n) is 2.25. The van der Waals surface area contributed by atoms with E-state index in [9.17, 15) is 4.79 Å². The molecule has 2 aromatic carbocycles. The van der Waals surface area contributed by atoms with Crippen molar-refractivity contribution in [2.75, 3.05) is 18.5 Å². The summed E-state index contributed by atoms with van der Waals surface area (Å²) in [4.78, 5) is 12.5. The van der Waals surface area contributed by atoms with E-state index >= 15 is 0 Å². The second-order valence-electron chi connectivity index (χ2n) is 5.88. The quantitative estimate of drug-likeness (QED) is 0.911. The number of carbonyl (C=O) groups excluding carboxylic acids is 1. The zero-order valence-electron chi connectivity index (χ0n) is 13.5. The van der Waals surface area contributed by atoms with Gasteiger partial charge in [-0.05, 0) is 50.2 Å². The van der Waals surface area contributed by atoms with E-state index in [0.717, 1.165) is 0 Å². The highest BCUT2D eigenvalue weighted by Crippen LogP contribution is 2.33. The van der Waals surface area contributed by atoms with Gasteiger partial charge in [0.15, 0.2) is 17.1 Å². The first-order valence-corrected chi connectivity index (χ1v) is 7.97. The molecule has 2 aromatic rings. The maximum absolute atomic E-state index is 12.5. The number of benzene rings is 2. The average molecular weight is 348 g/mol. The second-order valence-corrected chi connectivity index (χ2v) is 6.32. The molecular formula is C18H18ClNO4. The maximum atomic E-state index is 12.5. The van der Waals surface area contributed by atoms with Gasteiger partial charge in [-0.25, -0.2) is 0 Å². The normalized spacial score (nSPS) is 13.3. The standard InChI is InChI=1S/C18H18ClNO4/c1-18(2,24-14-6-3-12(19)4-7-14)17(21)20-13-5-8-15-16(11-13)23-10-9-22-15/h3-8,11H,9-10H2,1-2H3,(H,20,21). The lowest BCUT2D eigenvalue weighted by molar-refractivity contribution is -0.128. The van der Waals surface area contributed by atoms with Gasteiger partial charge in [0, 0.05) is 16.8 Å². The Morgan fingerprint density at radius 1 is 1.08 bits per heavy atom. The first-order chi connectivity index (χ1) is 11.4. The van der Waals surface area contributed by atoms with Crippen LogP contribution in [0.4, 0.5) is 5.69 Å². The van der Waals surface area contributed by atoms with Gasteiger partial charge >= 0.3 is 0 Å². The number of hydrogen-bond acceptors (Lipinski definition) is 4. The third-order valence-electron chi connectivity index (χ3n) is 3.53. The van der Waals surface area contributed by atoms with Crippen LogP contribution in [-0.4, -0.2) is 24.7 Å². The summed E-state index contributed by atoms with van der Waals surface area (Å²) in [5.41, 5.74) is -0.432. The third-order valence-corrected chi connectivity index (χ3v) is 3.79. The minimum absolute atomic E-state index is 0.269. The van der Waals surface area contributed by atoms with Crippen molar-refractivity contribution in [1.29, 1.82) is 0 Å². The zero-order chi connectivity index (χ0) is 17.2. The third kappa shape index (κ3) is 3.74. The number of nitrogens with one attached hydrogen (secondary N) is 1. The molecule has 1 heterocycles. The van der Waals surface area contributed by atoms with Crippen LogP contribution in [0, 0.1) is 0 Å². The van der Waals surface area contributed by atoms with Crippen molar-refractivity contribution < 1.29 is 19.0 Å². The van der Waals surface area contributed by atoms with Crippen molar-refractivity contribution in [2.45, 2.75) is 19.4 Å². The van der Waals surface area contributed by atoms with Crippen LogP contribution in [0.25, 0.3) is 0 Å². The van der Waals surface area contributed by atoms with Gasteiger partial charge in [0.2, 0.25) is 0 Å². The lowest BCUT2D eigenvalue weighted by atomic mass is 10.1. The van der Waals surface area contributed by atoms with Crippen LogP contribution in [0.2, 0.25) is 5.02 Å². The van der Waals surface area contributed by atoms with Gasteiger partial charge in [-0.3, -0.25) is 4.79 Å². The van der Waals surface area contributed by atoms with E-state index < -0.39 is 5.60 Å². The fraction of sp³-hybridized carbons (Fsp3) is 0.278. The molecule has 6 heteroatoms. The molecule has 3 rings (SSSR count). The van der Waals surface area contributed by atoms with Gasteiger partial charge in [-0.1, -0.05) is 11.6 Å². The van der Waals surface area contributed by atoms with E-state index in [0.29, 0.717) is 41.2 Å². The monoisotopic (exact) mass is 347 g/mol. The Hall–Kier alpha value is -2.40. The van der Waals surface area contributed by atoms with Crippen molar-refractivity contribution >= 4 is 23.2 Å². The predicted molar refractivity (Wildman–Crippen MR) is 92.2 cm³/mol. The van der Waals surface area contributed by atoms with Gasteiger partial charge in [0.05, 0.1) is 0 Å². The minimum atomic E-state index is -1.05. The average Bonchev–Trinajstić information content (AvgIpc) is 2.56. The number of rotatable bonds is 4. The summed E-state index contributed by atoms with van der Waals surface area (Å²) >= 11 is 5.85. The van der Waals surface area contributed by atoms with E-state index in [1.54, 1.807) is 56.3 Å². The zero-order valence-corrected chi connectivity index (χ0v) is 14.2. The number of hydrogen-bond donors (Lipinski definition) is 1. The SMILES string of the molecule is CC(C)(Oc1ccc(Cl)cc1)C(=O)Nc1ccc2c(c1)OCCO2. The Kier molecular flexibility index (Phi) is 4.53. The van der Waals surface area contributed by atoms with Crippen LogP contribution in [0.5, 0.6) is 17.2 Å². The number of halogens is 1. The summed E-state index contributed by atoms with van der Waals surface area (Å²) in [5.74, 6) is 1.60. The molecule has 0 saturated heterocycles. The molecule has 0 unspecified atom stereocenters. The molecule has 24 heavy (non-hydrogen) atoms. The molecule has 0 spiro atoms. The summed E-state index contributed by atoms with van der Waals surface area (Å²) in [7, 11) is 0. The van der Waals surface area contributed by atoms with Crippen LogP contribution >= 0.6 is 11.6 Å². The first kappa shape index (κ1) is 16.5. The summed E-state index contributed by atoms with van der Waals surface area (Å²) in [6, 6.07) is 12.2. The van der Waals surface area contributed by atoms with Crippen molar-refractivity contribution in [3.8, 4) is 17.2 Å². The molecule has 126 valence electrons. The molecule has 1 aliphatic rings. The van der Waals surface area contributed by atoms with Crippen molar-refractivity contribution in [1.82, 2.24) is 0 Å². The van der Waals surface area contributed by atoms with E-state index in [1.165, 1.54) is 0 Å². The topological polar surface area (TPSA) is 56.8 Å². The van der Waals surface area contributed by atoms with Crippen LogP contribution in [0.15, 0.2) is 42.5 Å². The summed E-state index contributed by atoms with van der Waals surface area (Å²) in [5, 5.41) is 3.45. The summed E-state index contributed by atoms with van der Waals surface area (Å²) < 4.78 is 16.8. The Labute approximate surface area is 145 Å². The van der Waals surface area contributed by atoms with Gasteiger partial charge in [0.25, 0.3) is 5.91 Å². The Morgan fingerprint density at radius 3 is 2.46 bits per heavy atom. The van der Waals surface area contributed by atoms with Gasteiger partial charge in [-0.15, -0.1) is 0 Å². The highest BCUT2D eigenvalue weighted by molar-refractivity contribution is 6.30. The van der Waals surface area contributed by atoms with Gasteiger partial charge in [-0.2, -0.15) is 0 Å². The van der Waals surface area contributed by atoms with Gasteiger partial charge < -0.3 is 19.5 Å². The number of carbonyl (C=O) groups is 1. The maximum Gasteiger partial charge on any atom is 0.267 e. The van der Waals surface area contributed by atoms with Crippen LogP contribution in [0.3, 0.4) is 0 Å². The Bertz CT molecular complexity index is 743. The molecule has 5 nitrogen and oxygen atoms in total. The van der Waals surface area contributed by atoms with E-state index in [2.05, 4.69) is 5.32 Å². The highest BCUT2D eigenvalue weighted by atomic mass is 35.5. The Balaban J connectivity index is 1.69. The fourth-order valence-corrected chi connectivity index (χ4v) is 2.37. The molecule has 0 bridgehead atoms.